The lowest BCUT2D eigenvalue weighted by molar-refractivity contribution is 0.1000. The van der Waals surface area contributed by atoms with Gasteiger partial charge >= 0.3 is 0 Å². The number of methoxy groups -OCH3 is 1. The number of hydrogen-bond donors (Lipinski definition) is 1. The molecular weight excluding hydrogens is 349 g/mol. The summed E-state index contributed by atoms with van der Waals surface area (Å²) >= 11 is 5.79. The number of primary amides is 1. The Morgan fingerprint density at radius 3 is 2.48 bits per heavy atom. The van der Waals surface area contributed by atoms with Gasteiger partial charge in [-0.05, 0) is 18.2 Å². The van der Waals surface area contributed by atoms with E-state index in [1.54, 1.807) is 6.07 Å². The second kappa shape index (κ2) is 7.10. The van der Waals surface area contributed by atoms with Crippen LogP contribution in [0.2, 0.25) is 5.15 Å². The molecule has 1 fully saturated rings. The zero-order chi connectivity index (χ0) is 18.0. The third kappa shape index (κ3) is 3.58. The number of piperazine rings is 1. The fourth-order valence-corrected chi connectivity index (χ4v) is 2.95. The molecule has 0 aliphatic carbocycles. The molecule has 2 aromatic rings. The Hall–Kier alpha value is -2.61. The van der Waals surface area contributed by atoms with Crippen LogP contribution in [0.1, 0.15) is 10.4 Å². The Bertz CT molecular complexity index is 796. The maximum atomic E-state index is 13.9. The zero-order valence-electron chi connectivity index (χ0n) is 13.6. The molecule has 1 aromatic carbocycles. The average molecular weight is 366 g/mol. The maximum Gasteiger partial charge on any atom is 0.252 e. The van der Waals surface area contributed by atoms with Gasteiger partial charge in [-0.1, -0.05) is 11.6 Å². The number of nitrogens with two attached hydrogens (primary N) is 1. The highest BCUT2D eigenvalue weighted by Gasteiger charge is 2.23. The van der Waals surface area contributed by atoms with Crippen molar-refractivity contribution in [2.75, 3.05) is 43.1 Å². The number of benzene rings is 1. The van der Waals surface area contributed by atoms with E-state index >= 15 is 0 Å². The molecule has 0 saturated carbocycles. The first kappa shape index (κ1) is 17.2. The summed E-state index contributed by atoms with van der Waals surface area (Å²) in [6.45, 7) is 2.44. The number of halogens is 2. The number of aromatic nitrogens is 2. The van der Waals surface area contributed by atoms with Crippen molar-refractivity contribution < 1.29 is 13.9 Å². The van der Waals surface area contributed by atoms with E-state index in [0.717, 1.165) is 5.69 Å². The first-order valence-corrected chi connectivity index (χ1v) is 8.04. The molecule has 2 N–H and O–H groups in total. The highest BCUT2D eigenvalue weighted by atomic mass is 35.5. The third-order valence-electron chi connectivity index (χ3n) is 4.09. The molecule has 1 aliphatic rings. The van der Waals surface area contributed by atoms with Crippen LogP contribution in [0.5, 0.6) is 5.75 Å². The Labute approximate surface area is 149 Å². The molecule has 132 valence electrons. The first-order chi connectivity index (χ1) is 12.0. The van der Waals surface area contributed by atoms with E-state index in [2.05, 4.69) is 10.2 Å². The third-order valence-corrected chi connectivity index (χ3v) is 4.27. The topological polar surface area (TPSA) is 84.6 Å². The standard InChI is InChI=1S/C16H17ClFN5O2/c1-25-13-3-2-10(8-12(13)18)22-4-6-23(7-5-22)16-11(15(19)24)9-14(17)20-21-16/h2-3,8-9H,4-7H2,1H3,(H2,19,24). The molecule has 1 aromatic heterocycles. The van der Waals surface area contributed by atoms with E-state index in [1.807, 2.05) is 15.9 Å². The van der Waals surface area contributed by atoms with Crippen LogP contribution in [-0.2, 0) is 0 Å². The second-order valence-corrected chi connectivity index (χ2v) is 5.95. The smallest absolute Gasteiger partial charge is 0.252 e. The van der Waals surface area contributed by atoms with Gasteiger partial charge in [0.05, 0.1) is 12.7 Å². The van der Waals surface area contributed by atoms with Crippen LogP contribution >= 0.6 is 11.6 Å². The fraction of sp³-hybridized carbons (Fsp3) is 0.312. The largest absolute Gasteiger partial charge is 0.494 e. The Morgan fingerprint density at radius 2 is 1.88 bits per heavy atom. The van der Waals surface area contributed by atoms with E-state index < -0.39 is 11.7 Å². The summed E-state index contributed by atoms with van der Waals surface area (Å²) in [5.74, 6) is -0.379. The Morgan fingerprint density at radius 1 is 1.20 bits per heavy atom. The lowest BCUT2D eigenvalue weighted by atomic mass is 10.2. The van der Waals surface area contributed by atoms with Crippen LogP contribution in [0.15, 0.2) is 24.3 Å². The van der Waals surface area contributed by atoms with Gasteiger partial charge < -0.3 is 20.3 Å². The predicted molar refractivity (Wildman–Crippen MR) is 92.9 cm³/mol. The van der Waals surface area contributed by atoms with Crippen molar-refractivity contribution in [2.24, 2.45) is 5.73 Å². The molecule has 0 atom stereocenters. The summed E-state index contributed by atoms with van der Waals surface area (Å²) in [5.41, 5.74) is 6.41. The zero-order valence-corrected chi connectivity index (χ0v) is 14.3. The molecule has 9 heteroatoms. The monoisotopic (exact) mass is 365 g/mol. The molecule has 25 heavy (non-hydrogen) atoms. The Balaban J connectivity index is 1.74. The van der Waals surface area contributed by atoms with Gasteiger partial charge in [-0.3, -0.25) is 4.79 Å². The van der Waals surface area contributed by atoms with Crippen LogP contribution < -0.4 is 20.3 Å². The number of rotatable bonds is 4. The molecule has 0 unspecified atom stereocenters. The van der Waals surface area contributed by atoms with Crippen molar-refractivity contribution in [3.63, 3.8) is 0 Å². The van der Waals surface area contributed by atoms with Crippen molar-refractivity contribution in [1.29, 1.82) is 0 Å². The predicted octanol–water partition coefficient (Wildman–Crippen LogP) is 1.70. The number of carbonyl (C=O) groups excluding carboxylic acids is 1. The quantitative estimate of drug-likeness (QED) is 0.887. The SMILES string of the molecule is COc1ccc(N2CCN(c3nnc(Cl)cc3C(N)=O)CC2)cc1F. The van der Waals surface area contributed by atoms with Crippen molar-refractivity contribution in [2.45, 2.75) is 0 Å². The molecular formula is C16H17ClFN5O2. The summed E-state index contributed by atoms with van der Waals surface area (Å²) in [5, 5.41) is 7.92. The van der Waals surface area contributed by atoms with Gasteiger partial charge in [0, 0.05) is 37.9 Å². The second-order valence-electron chi connectivity index (χ2n) is 5.56. The number of anilines is 2. The van der Waals surface area contributed by atoms with E-state index in [1.165, 1.54) is 19.2 Å². The van der Waals surface area contributed by atoms with Crippen LogP contribution in [0.4, 0.5) is 15.9 Å². The molecule has 0 bridgehead atoms. The molecule has 1 aliphatic heterocycles. The van der Waals surface area contributed by atoms with Gasteiger partial charge in [0.2, 0.25) is 0 Å². The summed E-state index contributed by atoms with van der Waals surface area (Å²) in [6.07, 6.45) is 0. The van der Waals surface area contributed by atoms with Crippen LogP contribution in [0.25, 0.3) is 0 Å². The van der Waals surface area contributed by atoms with Gasteiger partial charge in [0.15, 0.2) is 22.5 Å². The summed E-state index contributed by atoms with van der Waals surface area (Å²) < 4.78 is 18.8. The van der Waals surface area contributed by atoms with Gasteiger partial charge in [-0.2, -0.15) is 0 Å². The lowest BCUT2D eigenvalue weighted by Gasteiger charge is -2.37. The number of ether oxygens (including phenoxy) is 1. The summed E-state index contributed by atoms with van der Waals surface area (Å²) in [4.78, 5) is 15.6. The summed E-state index contributed by atoms with van der Waals surface area (Å²) in [6, 6.07) is 6.28. The van der Waals surface area contributed by atoms with E-state index in [4.69, 9.17) is 22.1 Å². The molecule has 0 spiro atoms. The van der Waals surface area contributed by atoms with E-state index in [9.17, 15) is 9.18 Å². The molecule has 0 radical (unpaired) electrons. The normalized spacial score (nSPS) is 14.5. The lowest BCUT2D eigenvalue weighted by Crippen LogP contribution is -2.47. The molecule has 1 saturated heterocycles. The molecule has 3 rings (SSSR count). The first-order valence-electron chi connectivity index (χ1n) is 7.66. The van der Waals surface area contributed by atoms with Crippen LogP contribution in [0, 0.1) is 5.82 Å². The maximum absolute atomic E-state index is 13.9. The van der Waals surface area contributed by atoms with Crippen LogP contribution in [-0.4, -0.2) is 49.4 Å². The van der Waals surface area contributed by atoms with E-state index in [-0.39, 0.29) is 16.5 Å². The summed E-state index contributed by atoms with van der Waals surface area (Å²) in [7, 11) is 1.43. The van der Waals surface area contributed by atoms with Crippen molar-refractivity contribution in [3.05, 3.63) is 40.8 Å². The molecule has 2 heterocycles. The number of carbonyl (C=O) groups is 1. The minimum Gasteiger partial charge on any atom is -0.494 e. The van der Waals surface area contributed by atoms with E-state index in [0.29, 0.717) is 32.0 Å². The van der Waals surface area contributed by atoms with Gasteiger partial charge in [0.1, 0.15) is 0 Å². The Kier molecular flexibility index (Phi) is 4.89. The number of nitrogens with zero attached hydrogens (tertiary/aromatic N) is 4. The minimum atomic E-state index is -0.605. The van der Waals surface area contributed by atoms with Crippen molar-refractivity contribution in [3.8, 4) is 5.75 Å². The average Bonchev–Trinajstić information content (AvgIpc) is 2.61. The van der Waals surface area contributed by atoms with Crippen molar-refractivity contribution in [1.82, 2.24) is 10.2 Å². The van der Waals surface area contributed by atoms with Gasteiger partial charge in [-0.15, -0.1) is 10.2 Å². The highest BCUT2D eigenvalue weighted by Crippen LogP contribution is 2.26. The van der Waals surface area contributed by atoms with Gasteiger partial charge in [0.25, 0.3) is 5.91 Å². The molecule has 1 amide bonds. The number of amides is 1. The fourth-order valence-electron chi connectivity index (χ4n) is 2.80. The highest BCUT2D eigenvalue weighted by molar-refractivity contribution is 6.29. The van der Waals surface area contributed by atoms with Gasteiger partial charge in [-0.25, -0.2) is 4.39 Å². The number of hydrogen-bond acceptors (Lipinski definition) is 6. The minimum absolute atomic E-state index is 0.116. The van der Waals surface area contributed by atoms with Crippen LogP contribution in [0.3, 0.4) is 0 Å². The molecule has 7 nitrogen and oxygen atoms in total. The van der Waals surface area contributed by atoms with Crippen molar-refractivity contribution >= 4 is 29.0 Å².